The minimum absolute atomic E-state index is 0.0159. The van der Waals surface area contributed by atoms with Gasteiger partial charge in [-0.2, -0.15) is 0 Å². The molecule has 0 radical (unpaired) electrons. The fraction of sp³-hybridized carbons (Fsp3) is 0.286. The van der Waals surface area contributed by atoms with E-state index in [1.165, 1.54) is 6.07 Å². The smallest absolute Gasteiger partial charge is 0.307 e. The monoisotopic (exact) mass is 261 g/mol. The van der Waals surface area contributed by atoms with E-state index in [0.717, 1.165) is 0 Å². The Morgan fingerprint density at radius 1 is 1.42 bits per heavy atom. The first-order valence-electron chi connectivity index (χ1n) is 6.02. The number of fused-ring (bicyclic) bond motifs is 3. The van der Waals surface area contributed by atoms with Crippen LogP contribution in [0.1, 0.15) is 22.5 Å². The summed E-state index contributed by atoms with van der Waals surface area (Å²) in [5, 5.41) is 9.64. The van der Waals surface area contributed by atoms with Crippen molar-refractivity contribution in [2.75, 3.05) is 0 Å². The summed E-state index contributed by atoms with van der Waals surface area (Å²) in [6.07, 6.45) is 0.249. The summed E-state index contributed by atoms with van der Waals surface area (Å²) in [5.41, 5.74) is 1.46. The van der Waals surface area contributed by atoms with Gasteiger partial charge < -0.3 is 9.67 Å². The topological polar surface area (TPSA) is 59.3 Å². The van der Waals surface area contributed by atoms with E-state index in [9.17, 15) is 14.0 Å². The van der Waals surface area contributed by atoms with Crippen molar-refractivity contribution in [1.82, 2.24) is 4.57 Å². The molecule has 98 valence electrons. The van der Waals surface area contributed by atoms with Crippen molar-refractivity contribution in [2.24, 2.45) is 13.0 Å². The lowest BCUT2D eigenvalue weighted by Crippen LogP contribution is -2.27. The first-order chi connectivity index (χ1) is 9.00. The molecule has 0 fully saturated rings. The molecule has 1 aromatic heterocycles. The number of carbonyl (C=O) groups is 2. The fourth-order valence-corrected chi connectivity index (χ4v) is 2.87. The zero-order valence-electron chi connectivity index (χ0n) is 10.3. The summed E-state index contributed by atoms with van der Waals surface area (Å²) < 4.78 is 15.5. The number of halogens is 1. The van der Waals surface area contributed by atoms with Crippen LogP contribution in [-0.2, 0) is 18.3 Å². The number of nitrogens with zero attached hydrogens (tertiary/aromatic N) is 1. The number of carboxylic acids is 1. The Morgan fingerprint density at radius 2 is 2.16 bits per heavy atom. The minimum atomic E-state index is -0.982. The maximum absolute atomic E-state index is 13.9. The van der Waals surface area contributed by atoms with Gasteiger partial charge in [0.25, 0.3) is 0 Å². The molecule has 0 amide bonds. The Morgan fingerprint density at radius 3 is 2.84 bits per heavy atom. The molecule has 5 heteroatoms. The van der Waals surface area contributed by atoms with Crippen LogP contribution in [0.5, 0.6) is 0 Å². The van der Waals surface area contributed by atoms with Gasteiger partial charge in [0.1, 0.15) is 5.82 Å². The first kappa shape index (κ1) is 11.9. The van der Waals surface area contributed by atoms with Crippen molar-refractivity contribution in [3.8, 4) is 0 Å². The van der Waals surface area contributed by atoms with Crippen LogP contribution >= 0.6 is 0 Å². The van der Waals surface area contributed by atoms with Crippen molar-refractivity contribution in [1.29, 1.82) is 0 Å². The number of aliphatic carboxylic acids is 1. The second kappa shape index (κ2) is 3.91. The van der Waals surface area contributed by atoms with Crippen LogP contribution in [0.25, 0.3) is 10.9 Å². The second-order valence-corrected chi connectivity index (χ2v) is 4.88. The predicted octanol–water partition coefficient (Wildman–Crippen LogP) is 2.15. The molecule has 19 heavy (non-hydrogen) atoms. The maximum Gasteiger partial charge on any atom is 0.307 e. The number of benzene rings is 1. The molecule has 0 aliphatic heterocycles. The van der Waals surface area contributed by atoms with Gasteiger partial charge in [0.2, 0.25) is 0 Å². The van der Waals surface area contributed by atoms with Gasteiger partial charge >= 0.3 is 5.97 Å². The number of rotatable bonds is 1. The summed E-state index contributed by atoms with van der Waals surface area (Å²) in [4.78, 5) is 23.2. The molecule has 1 heterocycles. The third kappa shape index (κ3) is 1.58. The highest BCUT2D eigenvalue weighted by atomic mass is 19.1. The van der Waals surface area contributed by atoms with E-state index < -0.39 is 17.7 Å². The molecule has 0 spiro atoms. The molecular formula is C14H12FNO3. The number of carbonyl (C=O) groups excluding carboxylic acids is 1. The first-order valence-corrected chi connectivity index (χ1v) is 6.02. The maximum atomic E-state index is 13.9. The molecular weight excluding hydrogens is 249 g/mol. The normalized spacial score (nSPS) is 18.6. The highest BCUT2D eigenvalue weighted by molar-refractivity contribution is 6.11. The van der Waals surface area contributed by atoms with Crippen LogP contribution in [-0.4, -0.2) is 21.4 Å². The Kier molecular flexibility index (Phi) is 2.45. The highest BCUT2D eigenvalue weighted by Gasteiger charge is 2.34. The molecule has 1 unspecified atom stereocenters. The molecule has 0 saturated carbocycles. The quantitative estimate of drug-likeness (QED) is 0.855. The highest BCUT2D eigenvalue weighted by Crippen LogP contribution is 2.34. The largest absolute Gasteiger partial charge is 0.481 e. The lowest BCUT2D eigenvalue weighted by atomic mass is 9.86. The number of hydrogen-bond acceptors (Lipinski definition) is 2. The van der Waals surface area contributed by atoms with Crippen molar-refractivity contribution in [3.05, 3.63) is 35.3 Å². The summed E-state index contributed by atoms with van der Waals surface area (Å²) in [5.74, 6) is -2.31. The molecule has 0 bridgehead atoms. The van der Waals surface area contributed by atoms with E-state index >= 15 is 0 Å². The van der Waals surface area contributed by atoms with Crippen LogP contribution in [0.2, 0.25) is 0 Å². The van der Waals surface area contributed by atoms with Crippen LogP contribution in [0.4, 0.5) is 4.39 Å². The van der Waals surface area contributed by atoms with Gasteiger partial charge in [-0.15, -0.1) is 0 Å². The molecule has 3 rings (SSSR count). The number of ketones is 1. The van der Waals surface area contributed by atoms with Gasteiger partial charge in [-0.25, -0.2) is 4.39 Å². The van der Waals surface area contributed by atoms with Gasteiger partial charge in [0.05, 0.1) is 11.4 Å². The lowest BCUT2D eigenvalue weighted by molar-refractivity contribution is -0.141. The lowest BCUT2D eigenvalue weighted by Gasteiger charge is -2.19. The molecule has 1 aliphatic carbocycles. The Hall–Kier alpha value is -2.17. The van der Waals surface area contributed by atoms with Crippen LogP contribution in [0.15, 0.2) is 18.2 Å². The standard InChI is InChI=1S/C14H12FNO3/c1-16-10-5-7(14(18)19)6-11(17)12(10)8-3-2-4-9(15)13(8)16/h2-4,7H,5-6H2,1H3,(H,18,19). The van der Waals surface area contributed by atoms with Crippen molar-refractivity contribution in [2.45, 2.75) is 12.8 Å². The van der Waals surface area contributed by atoms with Gasteiger partial charge in [0.15, 0.2) is 5.78 Å². The second-order valence-electron chi connectivity index (χ2n) is 4.88. The summed E-state index contributed by atoms with van der Waals surface area (Å²) in [6.45, 7) is 0. The molecule has 0 saturated heterocycles. The summed E-state index contributed by atoms with van der Waals surface area (Å²) >= 11 is 0. The third-order valence-electron chi connectivity index (χ3n) is 3.78. The molecule has 1 aliphatic rings. The van der Waals surface area contributed by atoms with Crippen molar-refractivity contribution >= 4 is 22.7 Å². The van der Waals surface area contributed by atoms with E-state index in [4.69, 9.17) is 5.11 Å². The molecule has 1 aromatic carbocycles. The van der Waals surface area contributed by atoms with E-state index in [0.29, 0.717) is 22.2 Å². The average molecular weight is 261 g/mol. The number of para-hydroxylation sites is 1. The van der Waals surface area contributed by atoms with Gasteiger partial charge in [0, 0.05) is 36.5 Å². The van der Waals surface area contributed by atoms with E-state index in [1.807, 2.05) is 0 Å². The zero-order valence-corrected chi connectivity index (χ0v) is 10.3. The number of Topliss-reactive ketones (excluding diaryl/α,β-unsaturated/α-hetero) is 1. The van der Waals surface area contributed by atoms with Crippen molar-refractivity contribution in [3.63, 3.8) is 0 Å². The summed E-state index contributed by atoms with van der Waals surface area (Å²) in [7, 11) is 1.67. The number of hydrogen-bond donors (Lipinski definition) is 1. The Labute approximate surface area is 108 Å². The van der Waals surface area contributed by atoms with E-state index in [2.05, 4.69) is 0 Å². The molecule has 2 aromatic rings. The van der Waals surface area contributed by atoms with E-state index in [1.54, 1.807) is 23.7 Å². The summed E-state index contributed by atoms with van der Waals surface area (Å²) in [6, 6.07) is 4.61. The van der Waals surface area contributed by atoms with E-state index in [-0.39, 0.29) is 18.6 Å². The predicted molar refractivity (Wildman–Crippen MR) is 66.7 cm³/mol. The minimum Gasteiger partial charge on any atom is -0.481 e. The number of carboxylic acid groups (broad SMARTS) is 1. The molecule has 4 nitrogen and oxygen atoms in total. The SMILES string of the molecule is Cn1c2c(c3cccc(F)c31)C(=O)CC(C(=O)O)C2. The zero-order chi connectivity index (χ0) is 13.7. The Bertz CT molecular complexity index is 717. The van der Waals surface area contributed by atoms with Crippen LogP contribution < -0.4 is 0 Å². The Balaban J connectivity index is 2.31. The average Bonchev–Trinajstić information content (AvgIpc) is 2.65. The fourth-order valence-electron chi connectivity index (χ4n) is 2.87. The van der Waals surface area contributed by atoms with Gasteiger partial charge in [-0.1, -0.05) is 12.1 Å². The van der Waals surface area contributed by atoms with Crippen LogP contribution in [0, 0.1) is 11.7 Å². The third-order valence-corrected chi connectivity index (χ3v) is 3.78. The number of aryl methyl sites for hydroxylation is 1. The molecule has 1 N–H and O–H groups in total. The molecule has 1 atom stereocenters. The van der Waals surface area contributed by atoms with Gasteiger partial charge in [-0.3, -0.25) is 9.59 Å². The number of aromatic nitrogens is 1. The van der Waals surface area contributed by atoms with Gasteiger partial charge in [-0.05, 0) is 6.07 Å². The van der Waals surface area contributed by atoms with Crippen molar-refractivity contribution < 1.29 is 19.1 Å². The van der Waals surface area contributed by atoms with Crippen LogP contribution in [0.3, 0.4) is 0 Å².